The smallest absolute Gasteiger partial charge is 0.409 e. The Kier molecular flexibility index (Phi) is 3.18. The van der Waals surface area contributed by atoms with Crippen molar-refractivity contribution >= 4 is 7.12 Å². The van der Waals surface area contributed by atoms with Gasteiger partial charge in [-0.25, -0.2) is 0 Å². The third-order valence-corrected chi connectivity index (χ3v) is 1.79. The van der Waals surface area contributed by atoms with Crippen LogP contribution in [0.25, 0.3) is 0 Å². The molecule has 0 radical (unpaired) electrons. The van der Waals surface area contributed by atoms with E-state index in [1.165, 1.54) is 0 Å². The summed E-state index contributed by atoms with van der Waals surface area (Å²) in [6, 6.07) is 0. The van der Waals surface area contributed by atoms with Crippen LogP contribution in [0.15, 0.2) is 0 Å². The van der Waals surface area contributed by atoms with Crippen LogP contribution in [0.3, 0.4) is 0 Å². The largest absolute Gasteiger partial charge is 0.462 e. The topological polar surface area (TPSA) is 38.7 Å². The van der Waals surface area contributed by atoms with Crippen LogP contribution in [0.2, 0.25) is 5.82 Å². The first-order chi connectivity index (χ1) is 4.88. The lowest BCUT2D eigenvalue weighted by Gasteiger charge is -2.12. The van der Waals surface area contributed by atoms with Crippen LogP contribution in [-0.2, 0) is 9.31 Å². The number of hydrogen-bond acceptors (Lipinski definition) is 3. The number of rotatable bonds is 3. The zero-order valence-electron chi connectivity index (χ0n) is 6.25. The molecule has 0 amide bonds. The third-order valence-electron chi connectivity index (χ3n) is 1.79. The van der Waals surface area contributed by atoms with Crippen molar-refractivity contribution < 1.29 is 14.4 Å². The predicted molar refractivity (Wildman–Crippen MR) is 38.8 cm³/mol. The Morgan fingerprint density at radius 2 is 2.10 bits per heavy atom. The molecule has 0 saturated carbocycles. The first kappa shape index (κ1) is 8.05. The van der Waals surface area contributed by atoms with Crippen LogP contribution >= 0.6 is 0 Å². The quantitative estimate of drug-likeness (QED) is 0.578. The van der Waals surface area contributed by atoms with Gasteiger partial charge in [0.2, 0.25) is 0 Å². The average molecular weight is 144 g/mol. The highest BCUT2D eigenvalue weighted by atomic mass is 16.6. The summed E-state index contributed by atoms with van der Waals surface area (Å²) in [5.74, 6) is 0.155. The molecule has 0 aromatic carbocycles. The summed E-state index contributed by atoms with van der Waals surface area (Å²) in [5, 5.41) is 8.83. The summed E-state index contributed by atoms with van der Waals surface area (Å²) >= 11 is 0. The lowest BCUT2D eigenvalue weighted by atomic mass is 9.71. The second-order valence-corrected chi connectivity index (χ2v) is 2.46. The van der Waals surface area contributed by atoms with Crippen molar-refractivity contribution in [2.75, 3.05) is 19.8 Å². The van der Waals surface area contributed by atoms with Gasteiger partial charge >= 0.3 is 7.12 Å². The normalized spacial score (nSPS) is 21.6. The van der Waals surface area contributed by atoms with Crippen LogP contribution in [0.1, 0.15) is 13.3 Å². The molecule has 1 fully saturated rings. The molecule has 1 aliphatic heterocycles. The van der Waals surface area contributed by atoms with E-state index in [9.17, 15) is 0 Å². The predicted octanol–water partition coefficient (Wildman–Crippen LogP) is 0.294. The molecule has 0 bridgehead atoms. The number of aliphatic hydroxyl groups is 1. The molecule has 1 N–H and O–H groups in total. The summed E-state index contributed by atoms with van der Waals surface area (Å²) in [4.78, 5) is 0. The molecule has 10 heavy (non-hydrogen) atoms. The minimum Gasteiger partial charge on any atom is -0.409 e. The second kappa shape index (κ2) is 3.96. The second-order valence-electron chi connectivity index (χ2n) is 2.46. The van der Waals surface area contributed by atoms with Crippen LogP contribution < -0.4 is 0 Å². The van der Waals surface area contributed by atoms with E-state index in [4.69, 9.17) is 14.4 Å². The lowest BCUT2D eigenvalue weighted by Crippen LogP contribution is -2.24. The molecule has 1 rings (SSSR count). The molecular formula is C6H13BO3. The molecule has 0 aromatic rings. The van der Waals surface area contributed by atoms with Gasteiger partial charge in [0.25, 0.3) is 0 Å². The Morgan fingerprint density at radius 1 is 1.50 bits per heavy atom. The van der Waals surface area contributed by atoms with Gasteiger partial charge in [0.1, 0.15) is 0 Å². The van der Waals surface area contributed by atoms with Gasteiger partial charge in [0, 0.05) is 12.4 Å². The fraction of sp³-hybridized carbons (Fsp3) is 1.00. The third kappa shape index (κ3) is 1.72. The summed E-state index contributed by atoms with van der Waals surface area (Å²) in [6.07, 6.45) is 0.904. The Bertz CT molecular complexity index is 89.0. The summed E-state index contributed by atoms with van der Waals surface area (Å²) in [5.41, 5.74) is 0. The van der Waals surface area contributed by atoms with E-state index < -0.39 is 0 Å². The average Bonchev–Trinajstić information content (AvgIpc) is 2.43. The molecule has 1 heterocycles. The van der Waals surface area contributed by atoms with Crippen molar-refractivity contribution in [3.05, 3.63) is 0 Å². The first-order valence-electron chi connectivity index (χ1n) is 3.72. The van der Waals surface area contributed by atoms with Gasteiger partial charge in [-0.05, 0) is 0 Å². The van der Waals surface area contributed by atoms with Gasteiger partial charge < -0.3 is 14.4 Å². The molecule has 0 aliphatic carbocycles. The molecule has 1 saturated heterocycles. The van der Waals surface area contributed by atoms with E-state index in [2.05, 4.69) is 0 Å². The van der Waals surface area contributed by atoms with E-state index in [0.717, 1.165) is 6.42 Å². The van der Waals surface area contributed by atoms with Crippen molar-refractivity contribution in [2.45, 2.75) is 19.2 Å². The van der Waals surface area contributed by atoms with Crippen LogP contribution in [0.4, 0.5) is 0 Å². The van der Waals surface area contributed by atoms with Gasteiger partial charge in [-0.3, -0.25) is 0 Å². The van der Waals surface area contributed by atoms with E-state index >= 15 is 0 Å². The van der Waals surface area contributed by atoms with E-state index in [0.29, 0.717) is 13.2 Å². The lowest BCUT2D eigenvalue weighted by molar-refractivity contribution is 0.254. The van der Waals surface area contributed by atoms with Crippen molar-refractivity contribution in [3.63, 3.8) is 0 Å². The maximum Gasteiger partial charge on any atom is 0.462 e. The Balaban J connectivity index is 2.29. The molecule has 1 unspecified atom stereocenters. The summed E-state index contributed by atoms with van der Waals surface area (Å²) in [7, 11) is -0.157. The van der Waals surface area contributed by atoms with Gasteiger partial charge in [0.05, 0.1) is 13.2 Å². The van der Waals surface area contributed by atoms with Crippen molar-refractivity contribution in [1.82, 2.24) is 0 Å². The number of hydrogen-bond donors (Lipinski definition) is 1. The Morgan fingerprint density at radius 3 is 2.50 bits per heavy atom. The maximum atomic E-state index is 8.83. The molecule has 4 heteroatoms. The minimum absolute atomic E-state index is 0.154. The molecule has 58 valence electrons. The van der Waals surface area contributed by atoms with Crippen LogP contribution in [0.5, 0.6) is 0 Å². The fourth-order valence-electron chi connectivity index (χ4n) is 1.06. The first-order valence-corrected chi connectivity index (χ1v) is 3.72. The standard InChI is InChI=1S/C6H13BO3/c1-2-6(5-8)7-9-3-4-10-7/h6,8H,2-5H2,1H3. The number of aliphatic hydroxyl groups excluding tert-OH is 1. The van der Waals surface area contributed by atoms with E-state index in [1.807, 2.05) is 6.92 Å². The van der Waals surface area contributed by atoms with Gasteiger partial charge in [-0.2, -0.15) is 0 Å². The van der Waals surface area contributed by atoms with Crippen molar-refractivity contribution in [2.24, 2.45) is 0 Å². The fourth-order valence-corrected chi connectivity index (χ4v) is 1.06. The highest BCUT2D eigenvalue weighted by molar-refractivity contribution is 6.47. The maximum absolute atomic E-state index is 8.83. The van der Waals surface area contributed by atoms with E-state index in [1.54, 1.807) is 0 Å². The molecule has 1 atom stereocenters. The zero-order valence-corrected chi connectivity index (χ0v) is 6.25. The van der Waals surface area contributed by atoms with Crippen LogP contribution in [-0.4, -0.2) is 32.0 Å². The Labute approximate surface area is 61.5 Å². The molecular weight excluding hydrogens is 131 g/mol. The van der Waals surface area contributed by atoms with Crippen LogP contribution in [0, 0.1) is 0 Å². The molecule has 3 nitrogen and oxygen atoms in total. The van der Waals surface area contributed by atoms with Crippen molar-refractivity contribution in [3.8, 4) is 0 Å². The highest BCUT2D eigenvalue weighted by Gasteiger charge is 2.31. The molecule has 0 spiro atoms. The van der Waals surface area contributed by atoms with E-state index in [-0.39, 0.29) is 19.5 Å². The molecule has 0 aromatic heterocycles. The monoisotopic (exact) mass is 144 g/mol. The Hall–Kier alpha value is -0.0551. The van der Waals surface area contributed by atoms with Crippen molar-refractivity contribution in [1.29, 1.82) is 0 Å². The van der Waals surface area contributed by atoms with Gasteiger partial charge in [0.15, 0.2) is 0 Å². The van der Waals surface area contributed by atoms with Gasteiger partial charge in [-0.1, -0.05) is 13.3 Å². The zero-order chi connectivity index (χ0) is 7.40. The highest BCUT2D eigenvalue weighted by Crippen LogP contribution is 2.18. The molecule has 1 aliphatic rings. The van der Waals surface area contributed by atoms with Gasteiger partial charge in [-0.15, -0.1) is 0 Å². The SMILES string of the molecule is CCC(CO)B1OCCO1. The minimum atomic E-state index is -0.157. The summed E-state index contributed by atoms with van der Waals surface area (Å²) in [6.45, 7) is 3.51. The summed E-state index contributed by atoms with van der Waals surface area (Å²) < 4.78 is 10.4.